The summed E-state index contributed by atoms with van der Waals surface area (Å²) in [5.41, 5.74) is 2.27. The van der Waals surface area contributed by atoms with Crippen molar-refractivity contribution in [1.82, 2.24) is 20.1 Å². The Labute approximate surface area is 150 Å². The lowest BCUT2D eigenvalue weighted by atomic mass is 10.0. The summed E-state index contributed by atoms with van der Waals surface area (Å²) in [7, 11) is 0. The summed E-state index contributed by atoms with van der Waals surface area (Å²) in [5, 5.41) is 13.4. The van der Waals surface area contributed by atoms with Crippen molar-refractivity contribution in [3.63, 3.8) is 0 Å². The Morgan fingerprint density at radius 2 is 2.32 bits per heavy atom. The largest absolute Gasteiger partial charge is 0.297 e. The van der Waals surface area contributed by atoms with Gasteiger partial charge in [0.2, 0.25) is 0 Å². The van der Waals surface area contributed by atoms with Crippen molar-refractivity contribution in [2.75, 3.05) is 18.4 Å². The van der Waals surface area contributed by atoms with Gasteiger partial charge in [-0.05, 0) is 31.4 Å². The van der Waals surface area contributed by atoms with Crippen molar-refractivity contribution in [2.24, 2.45) is 5.92 Å². The van der Waals surface area contributed by atoms with Crippen molar-refractivity contribution < 1.29 is 4.79 Å². The zero-order valence-corrected chi connectivity index (χ0v) is 15.0. The summed E-state index contributed by atoms with van der Waals surface area (Å²) in [4.78, 5) is 19.5. The number of hydrogen-bond acceptors (Lipinski definition) is 5. The highest BCUT2D eigenvalue weighted by molar-refractivity contribution is 7.14. The van der Waals surface area contributed by atoms with Gasteiger partial charge in [-0.25, -0.2) is 4.98 Å². The standard InChI is InChI=1S/C18H21N5OS/c1-12-5-4-8-23(9-12)10-13-11-25-18(19-13)20-17(24)16-14-6-2-3-7-15(14)21-22-16/h2-3,6-7,11-12H,4-5,8-10H2,1H3,(H,21,22)(H,19,20,24)/t12-/m1/s1. The summed E-state index contributed by atoms with van der Waals surface area (Å²) in [6, 6.07) is 7.60. The molecular weight excluding hydrogens is 334 g/mol. The van der Waals surface area contributed by atoms with Crippen LogP contribution in [0.25, 0.3) is 10.9 Å². The number of benzene rings is 1. The van der Waals surface area contributed by atoms with Crippen molar-refractivity contribution in [2.45, 2.75) is 26.3 Å². The Hall–Kier alpha value is -2.25. The van der Waals surface area contributed by atoms with Gasteiger partial charge < -0.3 is 0 Å². The van der Waals surface area contributed by atoms with E-state index in [4.69, 9.17) is 0 Å². The van der Waals surface area contributed by atoms with Gasteiger partial charge in [0.05, 0.1) is 11.2 Å². The van der Waals surface area contributed by atoms with Gasteiger partial charge in [0.15, 0.2) is 10.8 Å². The van der Waals surface area contributed by atoms with Crippen LogP contribution in [-0.2, 0) is 6.54 Å². The third kappa shape index (κ3) is 3.57. The summed E-state index contributed by atoms with van der Waals surface area (Å²) in [5.74, 6) is 0.518. The maximum absolute atomic E-state index is 12.5. The smallest absolute Gasteiger partial charge is 0.278 e. The molecule has 3 aromatic rings. The summed E-state index contributed by atoms with van der Waals surface area (Å²) in [6.45, 7) is 5.40. The van der Waals surface area contributed by atoms with Gasteiger partial charge in [0, 0.05) is 23.9 Å². The first-order chi connectivity index (χ1) is 12.2. The average molecular weight is 355 g/mol. The number of thiazole rings is 1. The molecular formula is C18H21N5OS. The van der Waals surface area contributed by atoms with E-state index in [1.807, 2.05) is 29.6 Å². The number of piperidine rings is 1. The molecule has 7 heteroatoms. The van der Waals surface area contributed by atoms with Crippen molar-refractivity contribution in [3.8, 4) is 0 Å². The zero-order chi connectivity index (χ0) is 17.2. The van der Waals surface area contributed by atoms with E-state index >= 15 is 0 Å². The van der Waals surface area contributed by atoms with Crippen LogP contribution in [0.2, 0.25) is 0 Å². The molecule has 4 rings (SSSR count). The number of carbonyl (C=O) groups excluding carboxylic acids is 1. The fourth-order valence-corrected chi connectivity index (χ4v) is 4.09. The molecule has 1 atom stereocenters. The lowest BCUT2D eigenvalue weighted by molar-refractivity contribution is 0.102. The van der Waals surface area contributed by atoms with Crippen LogP contribution in [0, 0.1) is 5.92 Å². The van der Waals surface area contributed by atoms with Crippen molar-refractivity contribution >= 4 is 33.3 Å². The van der Waals surface area contributed by atoms with Gasteiger partial charge in [0.1, 0.15) is 0 Å². The number of anilines is 1. The molecule has 25 heavy (non-hydrogen) atoms. The van der Waals surface area contributed by atoms with Gasteiger partial charge in [-0.1, -0.05) is 25.1 Å². The molecule has 0 aliphatic carbocycles. The fourth-order valence-electron chi connectivity index (χ4n) is 3.39. The van der Waals surface area contributed by atoms with Crippen LogP contribution in [0.1, 0.15) is 35.9 Å². The molecule has 0 spiro atoms. The monoisotopic (exact) mass is 355 g/mol. The molecule has 0 radical (unpaired) electrons. The molecule has 2 N–H and O–H groups in total. The number of rotatable bonds is 4. The maximum atomic E-state index is 12.5. The highest BCUT2D eigenvalue weighted by atomic mass is 32.1. The quantitative estimate of drug-likeness (QED) is 0.751. The highest BCUT2D eigenvalue weighted by Gasteiger charge is 2.18. The average Bonchev–Trinajstić information content (AvgIpc) is 3.21. The molecule has 0 saturated carbocycles. The van der Waals surface area contributed by atoms with Crippen LogP contribution < -0.4 is 5.32 Å². The zero-order valence-electron chi connectivity index (χ0n) is 14.2. The van der Waals surface area contributed by atoms with E-state index in [1.54, 1.807) is 0 Å². The normalized spacial score (nSPS) is 18.5. The molecule has 1 aliphatic heterocycles. The molecule has 1 fully saturated rings. The first kappa shape index (κ1) is 16.2. The third-order valence-corrected chi connectivity index (χ3v) is 5.39. The minimum absolute atomic E-state index is 0.232. The van der Waals surface area contributed by atoms with Crippen LogP contribution in [0.15, 0.2) is 29.6 Å². The number of aromatic amines is 1. The molecule has 3 heterocycles. The predicted octanol–water partition coefficient (Wildman–Crippen LogP) is 3.50. The second-order valence-electron chi connectivity index (χ2n) is 6.70. The SMILES string of the molecule is C[C@@H]1CCCN(Cc2csc(NC(=O)c3n[nH]c4ccccc34)n2)C1. The Kier molecular flexibility index (Phi) is 4.50. The minimum Gasteiger partial charge on any atom is -0.297 e. The van der Waals surface area contributed by atoms with Crippen molar-refractivity contribution in [3.05, 3.63) is 41.0 Å². The van der Waals surface area contributed by atoms with Crippen molar-refractivity contribution in [1.29, 1.82) is 0 Å². The number of nitrogens with one attached hydrogen (secondary N) is 2. The number of H-pyrrole nitrogens is 1. The number of carbonyl (C=O) groups is 1. The fraction of sp³-hybridized carbons (Fsp3) is 0.389. The molecule has 6 nitrogen and oxygen atoms in total. The summed E-state index contributed by atoms with van der Waals surface area (Å²) < 4.78 is 0. The predicted molar refractivity (Wildman–Crippen MR) is 99.8 cm³/mol. The van der Waals surface area contributed by atoms with Gasteiger partial charge in [-0.15, -0.1) is 11.3 Å². The molecule has 1 aliphatic rings. The van der Waals surface area contributed by atoms with Crippen LogP contribution in [-0.4, -0.2) is 39.1 Å². The second kappa shape index (κ2) is 6.93. The van der Waals surface area contributed by atoms with Gasteiger partial charge in [-0.3, -0.25) is 20.1 Å². The van der Waals surface area contributed by atoms with E-state index < -0.39 is 0 Å². The number of amides is 1. The molecule has 1 saturated heterocycles. The van der Waals surface area contributed by atoms with Crippen LogP contribution in [0.3, 0.4) is 0 Å². The van der Waals surface area contributed by atoms with Gasteiger partial charge >= 0.3 is 0 Å². The molecule has 0 unspecified atom stereocenters. The number of likely N-dealkylation sites (tertiary alicyclic amines) is 1. The van der Waals surface area contributed by atoms with E-state index in [-0.39, 0.29) is 5.91 Å². The van der Waals surface area contributed by atoms with E-state index in [2.05, 4.69) is 32.3 Å². The number of aromatic nitrogens is 3. The van der Waals surface area contributed by atoms with Crippen LogP contribution in [0.5, 0.6) is 0 Å². The first-order valence-corrected chi connectivity index (χ1v) is 9.48. The number of para-hydroxylation sites is 1. The van der Waals surface area contributed by atoms with E-state index in [0.717, 1.165) is 42.1 Å². The molecule has 0 bridgehead atoms. The van der Waals surface area contributed by atoms with Gasteiger partial charge in [-0.2, -0.15) is 5.10 Å². The lowest BCUT2D eigenvalue weighted by Crippen LogP contribution is -2.33. The number of fused-ring (bicyclic) bond motifs is 1. The van der Waals surface area contributed by atoms with Gasteiger partial charge in [0.25, 0.3) is 5.91 Å². The Morgan fingerprint density at radius 1 is 1.44 bits per heavy atom. The van der Waals surface area contributed by atoms with E-state index in [9.17, 15) is 4.79 Å². The highest BCUT2D eigenvalue weighted by Crippen LogP contribution is 2.22. The topological polar surface area (TPSA) is 73.9 Å². The number of nitrogens with zero attached hydrogens (tertiary/aromatic N) is 3. The molecule has 1 aromatic carbocycles. The maximum Gasteiger partial charge on any atom is 0.278 e. The summed E-state index contributed by atoms with van der Waals surface area (Å²) in [6.07, 6.45) is 2.56. The van der Waals surface area contributed by atoms with Crippen LogP contribution >= 0.6 is 11.3 Å². The van der Waals surface area contributed by atoms with E-state index in [1.165, 1.54) is 24.2 Å². The molecule has 1 amide bonds. The molecule has 130 valence electrons. The third-order valence-electron chi connectivity index (χ3n) is 4.58. The summed E-state index contributed by atoms with van der Waals surface area (Å²) >= 11 is 1.46. The second-order valence-corrected chi connectivity index (χ2v) is 7.56. The lowest BCUT2D eigenvalue weighted by Gasteiger charge is -2.30. The number of hydrogen-bond donors (Lipinski definition) is 2. The Bertz CT molecular complexity index is 886. The molecule has 2 aromatic heterocycles. The Morgan fingerprint density at radius 3 is 3.20 bits per heavy atom. The first-order valence-electron chi connectivity index (χ1n) is 8.60. The van der Waals surface area contributed by atoms with E-state index in [0.29, 0.717) is 10.8 Å². The van der Waals surface area contributed by atoms with Crippen LogP contribution in [0.4, 0.5) is 5.13 Å². The minimum atomic E-state index is -0.232. The Balaban J connectivity index is 1.43.